The van der Waals surface area contributed by atoms with Crippen molar-refractivity contribution in [3.05, 3.63) is 63.6 Å². The quantitative estimate of drug-likeness (QED) is 0.788. The van der Waals surface area contributed by atoms with Gasteiger partial charge in [0.05, 0.1) is 7.11 Å². The third-order valence-electron chi connectivity index (χ3n) is 3.07. The van der Waals surface area contributed by atoms with E-state index in [0.717, 1.165) is 21.9 Å². The molecule has 0 aliphatic heterocycles. The van der Waals surface area contributed by atoms with Gasteiger partial charge in [0, 0.05) is 22.6 Å². The second kappa shape index (κ2) is 7.52. The minimum Gasteiger partial charge on any atom is -0.496 e. The van der Waals surface area contributed by atoms with Gasteiger partial charge >= 0.3 is 0 Å². The molecule has 2 rings (SSSR count). The number of nitrogens with one attached hydrogen (secondary N) is 1. The first-order valence-corrected chi connectivity index (χ1v) is 7.36. The zero-order chi connectivity index (χ0) is 15.2. The molecule has 0 unspecified atom stereocenters. The molecule has 0 aromatic heterocycles. The second-order valence-corrected chi connectivity index (χ2v) is 5.58. The highest BCUT2D eigenvalue weighted by atomic mass is 79.9. The molecule has 0 heterocycles. The summed E-state index contributed by atoms with van der Waals surface area (Å²) in [6, 6.07) is 9.37. The van der Waals surface area contributed by atoms with Gasteiger partial charge in [-0.1, -0.05) is 15.9 Å². The van der Waals surface area contributed by atoms with E-state index in [2.05, 4.69) is 21.2 Å². The lowest BCUT2D eigenvalue weighted by molar-refractivity contribution is 0.407. The highest BCUT2D eigenvalue weighted by Crippen LogP contribution is 2.22. The lowest BCUT2D eigenvalue weighted by atomic mass is 10.1. The van der Waals surface area contributed by atoms with E-state index in [1.807, 2.05) is 18.2 Å². The average molecular weight is 356 g/mol. The molecule has 0 amide bonds. The van der Waals surface area contributed by atoms with Crippen LogP contribution in [0.15, 0.2) is 40.9 Å². The van der Waals surface area contributed by atoms with Gasteiger partial charge in [-0.25, -0.2) is 8.78 Å². The van der Waals surface area contributed by atoms with E-state index in [1.165, 1.54) is 12.1 Å². The van der Waals surface area contributed by atoms with Crippen LogP contribution in [-0.4, -0.2) is 13.7 Å². The molecule has 0 spiro atoms. The van der Waals surface area contributed by atoms with Gasteiger partial charge in [0.15, 0.2) is 0 Å². The molecule has 0 fully saturated rings. The van der Waals surface area contributed by atoms with Gasteiger partial charge in [0.25, 0.3) is 0 Å². The number of rotatable bonds is 6. The lowest BCUT2D eigenvalue weighted by Crippen LogP contribution is -2.17. The first-order chi connectivity index (χ1) is 10.1. The number of methoxy groups -OCH3 is 1. The number of benzene rings is 2. The Labute approximate surface area is 131 Å². The van der Waals surface area contributed by atoms with Gasteiger partial charge in [-0.3, -0.25) is 0 Å². The number of ether oxygens (including phenoxy) is 1. The molecule has 2 aromatic carbocycles. The smallest absolute Gasteiger partial charge is 0.126 e. The summed E-state index contributed by atoms with van der Waals surface area (Å²) in [5.74, 6) is -0.278. The third kappa shape index (κ3) is 4.79. The van der Waals surface area contributed by atoms with E-state index in [0.29, 0.717) is 25.1 Å². The van der Waals surface area contributed by atoms with Crippen LogP contribution in [0.5, 0.6) is 5.75 Å². The molecular weight excluding hydrogens is 340 g/mol. The van der Waals surface area contributed by atoms with E-state index in [4.69, 9.17) is 4.74 Å². The van der Waals surface area contributed by atoms with E-state index in [-0.39, 0.29) is 0 Å². The van der Waals surface area contributed by atoms with Crippen LogP contribution in [0.25, 0.3) is 0 Å². The summed E-state index contributed by atoms with van der Waals surface area (Å²) < 4.78 is 32.4. The number of hydrogen-bond donors (Lipinski definition) is 1. The van der Waals surface area contributed by atoms with Gasteiger partial charge in [-0.15, -0.1) is 0 Å². The van der Waals surface area contributed by atoms with Crippen LogP contribution in [0.3, 0.4) is 0 Å². The molecule has 0 atom stereocenters. The Bertz CT molecular complexity index is 599. The molecular formula is C16H16BrF2NO. The normalized spacial score (nSPS) is 10.7. The molecule has 0 saturated heterocycles. The lowest BCUT2D eigenvalue weighted by Gasteiger charge is -2.10. The number of hydrogen-bond acceptors (Lipinski definition) is 2. The topological polar surface area (TPSA) is 21.3 Å². The molecule has 1 N–H and O–H groups in total. The summed E-state index contributed by atoms with van der Waals surface area (Å²) in [7, 11) is 1.63. The van der Waals surface area contributed by atoms with E-state index in [1.54, 1.807) is 7.11 Å². The monoisotopic (exact) mass is 355 g/mol. The SMILES string of the molecule is COc1ccc(Br)cc1CNCCc1cc(F)cc(F)c1. The summed E-state index contributed by atoms with van der Waals surface area (Å²) >= 11 is 3.42. The number of halogens is 3. The van der Waals surface area contributed by atoms with Crippen LogP contribution in [0.2, 0.25) is 0 Å². The van der Waals surface area contributed by atoms with Crippen LogP contribution in [-0.2, 0) is 13.0 Å². The van der Waals surface area contributed by atoms with Gasteiger partial charge in [-0.05, 0) is 48.9 Å². The predicted molar refractivity (Wildman–Crippen MR) is 82.5 cm³/mol. The van der Waals surface area contributed by atoms with Crippen LogP contribution >= 0.6 is 15.9 Å². The van der Waals surface area contributed by atoms with Crippen molar-refractivity contribution in [2.45, 2.75) is 13.0 Å². The zero-order valence-corrected chi connectivity index (χ0v) is 13.2. The predicted octanol–water partition coefficient (Wildman–Crippen LogP) is 4.07. The molecule has 0 aliphatic carbocycles. The standard InChI is InChI=1S/C16H16BrF2NO/c1-21-16-3-2-13(17)8-12(16)10-20-5-4-11-6-14(18)9-15(19)7-11/h2-3,6-9,20H,4-5,10H2,1H3. The van der Waals surface area contributed by atoms with Crippen LogP contribution in [0, 0.1) is 11.6 Å². The van der Waals surface area contributed by atoms with Crippen molar-refractivity contribution in [1.82, 2.24) is 5.32 Å². The summed E-state index contributed by atoms with van der Waals surface area (Å²) in [6.45, 7) is 1.25. The first-order valence-electron chi connectivity index (χ1n) is 6.56. The van der Waals surface area contributed by atoms with Gasteiger partial charge in [0.2, 0.25) is 0 Å². The van der Waals surface area contributed by atoms with Crippen molar-refractivity contribution < 1.29 is 13.5 Å². The Balaban J connectivity index is 1.88. The minimum absolute atomic E-state index is 0.543. The summed E-state index contributed by atoms with van der Waals surface area (Å²) in [5.41, 5.74) is 1.67. The molecule has 0 radical (unpaired) electrons. The summed E-state index contributed by atoms with van der Waals surface area (Å²) in [5, 5.41) is 3.25. The Morgan fingerprint density at radius 1 is 1.10 bits per heavy atom. The summed E-state index contributed by atoms with van der Waals surface area (Å²) in [6.07, 6.45) is 0.561. The van der Waals surface area contributed by atoms with Crippen molar-refractivity contribution in [2.24, 2.45) is 0 Å². The fourth-order valence-corrected chi connectivity index (χ4v) is 2.50. The van der Waals surface area contributed by atoms with Gasteiger partial charge in [-0.2, -0.15) is 0 Å². The minimum atomic E-state index is -0.543. The Kier molecular flexibility index (Phi) is 5.70. The van der Waals surface area contributed by atoms with Crippen molar-refractivity contribution in [2.75, 3.05) is 13.7 Å². The largest absolute Gasteiger partial charge is 0.496 e. The van der Waals surface area contributed by atoms with Crippen molar-refractivity contribution in [3.8, 4) is 5.75 Å². The Hall–Kier alpha value is -1.46. The van der Waals surface area contributed by atoms with E-state index < -0.39 is 11.6 Å². The molecule has 112 valence electrons. The first kappa shape index (κ1) is 15.9. The van der Waals surface area contributed by atoms with Crippen molar-refractivity contribution in [1.29, 1.82) is 0 Å². The van der Waals surface area contributed by atoms with E-state index in [9.17, 15) is 8.78 Å². The Morgan fingerprint density at radius 2 is 1.81 bits per heavy atom. The van der Waals surface area contributed by atoms with Gasteiger partial charge < -0.3 is 10.1 Å². The van der Waals surface area contributed by atoms with E-state index >= 15 is 0 Å². The zero-order valence-electron chi connectivity index (χ0n) is 11.6. The molecule has 2 nitrogen and oxygen atoms in total. The molecule has 0 bridgehead atoms. The maximum absolute atomic E-state index is 13.1. The highest BCUT2D eigenvalue weighted by molar-refractivity contribution is 9.10. The third-order valence-corrected chi connectivity index (χ3v) is 3.56. The van der Waals surface area contributed by atoms with Crippen LogP contribution in [0.1, 0.15) is 11.1 Å². The van der Waals surface area contributed by atoms with Gasteiger partial charge in [0.1, 0.15) is 17.4 Å². The fourth-order valence-electron chi connectivity index (χ4n) is 2.10. The maximum Gasteiger partial charge on any atom is 0.126 e. The Morgan fingerprint density at radius 3 is 2.48 bits per heavy atom. The summed E-state index contributed by atoms with van der Waals surface area (Å²) in [4.78, 5) is 0. The van der Waals surface area contributed by atoms with Crippen molar-refractivity contribution in [3.63, 3.8) is 0 Å². The van der Waals surface area contributed by atoms with Crippen LogP contribution in [0.4, 0.5) is 8.78 Å². The van der Waals surface area contributed by atoms with Crippen LogP contribution < -0.4 is 10.1 Å². The second-order valence-electron chi connectivity index (χ2n) is 4.66. The molecule has 5 heteroatoms. The molecule has 21 heavy (non-hydrogen) atoms. The average Bonchev–Trinajstić information content (AvgIpc) is 2.43. The molecule has 0 aliphatic rings. The molecule has 2 aromatic rings. The maximum atomic E-state index is 13.1. The molecule has 0 saturated carbocycles. The highest BCUT2D eigenvalue weighted by Gasteiger charge is 2.04. The van der Waals surface area contributed by atoms with Crippen molar-refractivity contribution >= 4 is 15.9 Å². The fraction of sp³-hybridized carbons (Fsp3) is 0.250.